The van der Waals surface area contributed by atoms with Crippen molar-refractivity contribution >= 4 is 16.9 Å². The van der Waals surface area contributed by atoms with Gasteiger partial charge in [-0.15, -0.1) is 0 Å². The molecule has 4 aromatic rings. The standard InChI is InChI=1S/C24H25N3O3/c1-2-3-12-23-25-15-20(17-28)26(23)16-19-10-7-11-22-21(19)13-14-27(22)30-24(29)18-8-5-4-6-9-18/h4-11,13-15,28H,2-3,12,16-17H2,1H3. The zero-order chi connectivity index (χ0) is 20.9. The molecule has 1 N–H and O–H groups in total. The molecular weight excluding hydrogens is 378 g/mol. The maximum absolute atomic E-state index is 12.4. The summed E-state index contributed by atoms with van der Waals surface area (Å²) >= 11 is 0. The van der Waals surface area contributed by atoms with E-state index in [4.69, 9.17) is 4.84 Å². The fraction of sp³-hybridized carbons (Fsp3) is 0.250. The molecule has 0 atom stereocenters. The van der Waals surface area contributed by atoms with Crippen LogP contribution >= 0.6 is 0 Å². The molecule has 154 valence electrons. The Balaban J connectivity index is 1.63. The Labute approximate surface area is 175 Å². The van der Waals surface area contributed by atoms with Crippen LogP contribution in [0.2, 0.25) is 0 Å². The summed E-state index contributed by atoms with van der Waals surface area (Å²) < 4.78 is 3.59. The van der Waals surface area contributed by atoms with Crippen LogP contribution in [-0.2, 0) is 19.6 Å². The molecule has 6 heteroatoms. The van der Waals surface area contributed by atoms with Crippen LogP contribution in [0.4, 0.5) is 0 Å². The molecule has 0 saturated carbocycles. The number of fused-ring (bicyclic) bond motifs is 1. The first-order valence-corrected chi connectivity index (χ1v) is 10.2. The number of aliphatic hydroxyl groups is 1. The van der Waals surface area contributed by atoms with Gasteiger partial charge in [0.25, 0.3) is 0 Å². The Kier molecular flexibility index (Phi) is 5.95. The van der Waals surface area contributed by atoms with Crippen molar-refractivity contribution < 1.29 is 14.7 Å². The molecular formula is C24H25N3O3. The minimum absolute atomic E-state index is 0.0508. The van der Waals surface area contributed by atoms with Gasteiger partial charge in [-0.05, 0) is 36.2 Å². The first-order chi connectivity index (χ1) is 14.7. The first-order valence-electron chi connectivity index (χ1n) is 10.2. The second-order valence-corrected chi connectivity index (χ2v) is 7.25. The van der Waals surface area contributed by atoms with E-state index in [1.54, 1.807) is 24.5 Å². The van der Waals surface area contributed by atoms with Gasteiger partial charge in [-0.2, -0.15) is 4.73 Å². The van der Waals surface area contributed by atoms with E-state index in [-0.39, 0.29) is 6.61 Å². The summed E-state index contributed by atoms with van der Waals surface area (Å²) in [6.45, 7) is 2.70. The van der Waals surface area contributed by atoms with E-state index < -0.39 is 5.97 Å². The third-order valence-electron chi connectivity index (χ3n) is 5.24. The van der Waals surface area contributed by atoms with Crippen molar-refractivity contribution in [2.75, 3.05) is 0 Å². The zero-order valence-electron chi connectivity index (χ0n) is 17.0. The minimum atomic E-state index is -0.405. The highest BCUT2D eigenvalue weighted by molar-refractivity contribution is 5.90. The number of nitrogens with zero attached hydrogens (tertiary/aromatic N) is 3. The molecule has 6 nitrogen and oxygen atoms in total. The van der Waals surface area contributed by atoms with Gasteiger partial charge in [-0.1, -0.05) is 43.7 Å². The summed E-state index contributed by atoms with van der Waals surface area (Å²) in [6, 6.07) is 16.8. The molecule has 0 aliphatic heterocycles. The second kappa shape index (κ2) is 8.97. The molecule has 2 aromatic carbocycles. The zero-order valence-corrected chi connectivity index (χ0v) is 17.0. The highest BCUT2D eigenvalue weighted by atomic mass is 16.7. The summed E-state index contributed by atoms with van der Waals surface area (Å²) in [7, 11) is 0. The average Bonchev–Trinajstić information content (AvgIpc) is 3.37. The smallest absolute Gasteiger partial charge is 0.363 e. The Morgan fingerprint density at radius 1 is 1.10 bits per heavy atom. The van der Waals surface area contributed by atoms with Crippen LogP contribution in [-0.4, -0.2) is 25.4 Å². The van der Waals surface area contributed by atoms with E-state index in [1.807, 2.05) is 36.4 Å². The molecule has 0 bridgehead atoms. The van der Waals surface area contributed by atoms with Crippen LogP contribution in [0.25, 0.3) is 10.9 Å². The molecule has 0 fully saturated rings. The quantitative estimate of drug-likeness (QED) is 0.483. The second-order valence-electron chi connectivity index (χ2n) is 7.25. The number of aryl methyl sites for hydroxylation is 1. The number of imidazole rings is 1. The number of aliphatic hydroxyl groups excluding tert-OH is 1. The van der Waals surface area contributed by atoms with Crippen molar-refractivity contribution in [1.82, 2.24) is 14.3 Å². The summed E-state index contributed by atoms with van der Waals surface area (Å²) in [6.07, 6.45) is 6.53. The van der Waals surface area contributed by atoms with Gasteiger partial charge in [0.1, 0.15) is 5.82 Å². The molecule has 0 unspecified atom stereocenters. The average molecular weight is 403 g/mol. The van der Waals surface area contributed by atoms with E-state index in [0.29, 0.717) is 12.1 Å². The number of aromatic nitrogens is 3. The lowest BCUT2D eigenvalue weighted by molar-refractivity contribution is 0.0483. The Bertz CT molecular complexity index is 1150. The number of carbonyl (C=O) groups is 1. The topological polar surface area (TPSA) is 69.3 Å². The number of rotatable bonds is 8. The highest BCUT2D eigenvalue weighted by Crippen LogP contribution is 2.22. The van der Waals surface area contributed by atoms with Gasteiger partial charge in [-0.3, -0.25) is 0 Å². The van der Waals surface area contributed by atoms with Gasteiger partial charge in [0, 0.05) is 24.5 Å². The molecule has 0 radical (unpaired) electrons. The van der Waals surface area contributed by atoms with Crippen LogP contribution in [0.3, 0.4) is 0 Å². The van der Waals surface area contributed by atoms with Crippen LogP contribution in [0.1, 0.15) is 47.2 Å². The van der Waals surface area contributed by atoms with Crippen molar-refractivity contribution in [3.8, 4) is 0 Å². The number of carbonyl (C=O) groups excluding carboxylic acids is 1. The maximum Gasteiger partial charge on any atom is 0.363 e. The van der Waals surface area contributed by atoms with Crippen LogP contribution < -0.4 is 4.84 Å². The van der Waals surface area contributed by atoms with Crippen LogP contribution in [0.15, 0.2) is 67.0 Å². The molecule has 0 aliphatic rings. The van der Waals surface area contributed by atoms with Crippen molar-refractivity contribution in [2.45, 2.75) is 39.3 Å². The molecule has 0 amide bonds. The summed E-state index contributed by atoms with van der Waals surface area (Å²) in [5.74, 6) is 0.574. The van der Waals surface area contributed by atoms with Gasteiger partial charge in [0.05, 0.1) is 29.6 Å². The van der Waals surface area contributed by atoms with Crippen molar-refractivity contribution in [3.63, 3.8) is 0 Å². The Morgan fingerprint density at radius 2 is 1.93 bits per heavy atom. The van der Waals surface area contributed by atoms with Crippen molar-refractivity contribution in [1.29, 1.82) is 0 Å². The van der Waals surface area contributed by atoms with E-state index in [1.165, 1.54) is 4.73 Å². The van der Waals surface area contributed by atoms with Gasteiger partial charge in [-0.25, -0.2) is 9.78 Å². The fourth-order valence-corrected chi connectivity index (χ4v) is 3.62. The number of benzene rings is 2. The van der Waals surface area contributed by atoms with Gasteiger partial charge in [0.15, 0.2) is 0 Å². The summed E-state index contributed by atoms with van der Waals surface area (Å²) in [5, 5.41) is 10.7. The molecule has 0 saturated heterocycles. The Morgan fingerprint density at radius 3 is 2.70 bits per heavy atom. The van der Waals surface area contributed by atoms with Gasteiger partial charge >= 0.3 is 5.97 Å². The van der Waals surface area contributed by atoms with E-state index >= 15 is 0 Å². The first kappa shape index (κ1) is 19.9. The lowest BCUT2D eigenvalue weighted by atomic mass is 10.1. The largest absolute Gasteiger partial charge is 0.390 e. The minimum Gasteiger partial charge on any atom is -0.390 e. The Hall–Kier alpha value is -3.38. The van der Waals surface area contributed by atoms with Crippen molar-refractivity contribution in [3.05, 3.63) is 89.6 Å². The number of hydrogen-bond donors (Lipinski definition) is 1. The van der Waals surface area contributed by atoms with Gasteiger partial charge < -0.3 is 14.5 Å². The van der Waals surface area contributed by atoms with Crippen LogP contribution in [0.5, 0.6) is 0 Å². The van der Waals surface area contributed by atoms with E-state index in [2.05, 4.69) is 22.5 Å². The maximum atomic E-state index is 12.4. The molecule has 2 heterocycles. The number of hydrogen-bond acceptors (Lipinski definition) is 4. The lowest BCUT2D eigenvalue weighted by Gasteiger charge is -2.12. The van der Waals surface area contributed by atoms with E-state index in [9.17, 15) is 9.90 Å². The molecule has 0 spiro atoms. The normalized spacial score (nSPS) is 11.1. The predicted molar refractivity (Wildman–Crippen MR) is 115 cm³/mol. The summed E-state index contributed by atoms with van der Waals surface area (Å²) in [4.78, 5) is 22.5. The third kappa shape index (κ3) is 4.00. The summed E-state index contributed by atoms with van der Waals surface area (Å²) in [5.41, 5.74) is 3.19. The third-order valence-corrected chi connectivity index (χ3v) is 5.24. The number of unbranched alkanes of at least 4 members (excludes halogenated alkanes) is 1. The van der Waals surface area contributed by atoms with Gasteiger partial charge in [0.2, 0.25) is 0 Å². The highest BCUT2D eigenvalue weighted by Gasteiger charge is 2.14. The SMILES string of the molecule is CCCCc1ncc(CO)n1Cc1cccc2c1ccn2OC(=O)c1ccccc1. The molecule has 2 aromatic heterocycles. The lowest BCUT2D eigenvalue weighted by Crippen LogP contribution is -2.18. The van der Waals surface area contributed by atoms with Crippen LogP contribution in [0, 0.1) is 0 Å². The molecule has 4 rings (SSSR count). The monoisotopic (exact) mass is 403 g/mol. The van der Waals surface area contributed by atoms with E-state index in [0.717, 1.165) is 47.2 Å². The molecule has 0 aliphatic carbocycles. The predicted octanol–water partition coefficient (Wildman–Crippen LogP) is 3.99. The molecule has 30 heavy (non-hydrogen) atoms. The van der Waals surface area contributed by atoms with Crippen molar-refractivity contribution in [2.24, 2.45) is 0 Å². The fourth-order valence-electron chi connectivity index (χ4n) is 3.62.